The molecule has 1 aromatic rings. The summed E-state index contributed by atoms with van der Waals surface area (Å²) in [5.74, 6) is -6.14. The average Bonchev–Trinajstić information content (AvgIpc) is 3.62. The van der Waals surface area contributed by atoms with Crippen molar-refractivity contribution in [2.45, 2.75) is 107 Å². The molecule has 1 heterocycles. The largest absolute Gasteiger partial charge is 0.481 e. The zero-order valence-corrected chi connectivity index (χ0v) is 29.3. The molecule has 1 aromatic carbocycles. The van der Waals surface area contributed by atoms with Gasteiger partial charge in [-0.25, -0.2) is 4.79 Å². The summed E-state index contributed by atoms with van der Waals surface area (Å²) in [6, 6.07) is 1.31. The number of carboxylic acid groups (broad SMARTS) is 2. The van der Waals surface area contributed by atoms with E-state index in [0.717, 1.165) is 4.90 Å². The average molecular weight is 735 g/mol. The number of amides is 5. The number of nitrogens with zero attached hydrogens (tertiary/aromatic N) is 1. The Kier molecular flexibility index (Phi) is 19.3. The van der Waals surface area contributed by atoms with Crippen LogP contribution in [0.2, 0.25) is 0 Å². The van der Waals surface area contributed by atoms with Crippen molar-refractivity contribution < 1.29 is 48.9 Å². The summed E-state index contributed by atoms with van der Waals surface area (Å²) < 4.78 is 0. The van der Waals surface area contributed by atoms with Crippen LogP contribution in [0.3, 0.4) is 0 Å². The fourth-order valence-corrected chi connectivity index (χ4v) is 5.76. The van der Waals surface area contributed by atoms with Gasteiger partial charge in [0.15, 0.2) is 0 Å². The first-order valence-electron chi connectivity index (χ1n) is 17.6. The number of rotatable bonds is 24. The number of unbranched alkanes of at least 4 members (excludes halogenated alkanes) is 2. The third-order valence-electron chi connectivity index (χ3n) is 8.70. The topological polar surface area (TPSA) is 310 Å². The predicted octanol–water partition coefficient (Wildman–Crippen LogP) is -2.31. The fraction of sp³-hybridized carbons (Fsp3) is 0.618. The Morgan fingerprint density at radius 1 is 0.731 bits per heavy atom. The molecule has 6 atom stereocenters. The summed E-state index contributed by atoms with van der Waals surface area (Å²) in [4.78, 5) is 90.9. The molecular formula is C34H54N8O10. The van der Waals surface area contributed by atoms with E-state index in [1.165, 1.54) is 0 Å². The first-order valence-corrected chi connectivity index (χ1v) is 17.6. The predicted molar refractivity (Wildman–Crippen MR) is 188 cm³/mol. The van der Waals surface area contributed by atoms with Crippen LogP contribution in [-0.4, -0.2) is 124 Å². The number of hydrogen-bond acceptors (Lipinski definition) is 11. The number of carbonyl (C=O) groups excluding carboxylic acids is 5. The monoisotopic (exact) mass is 734 g/mol. The second-order valence-corrected chi connectivity index (χ2v) is 12.8. The van der Waals surface area contributed by atoms with E-state index in [9.17, 15) is 43.8 Å². The second-order valence-electron chi connectivity index (χ2n) is 12.8. The van der Waals surface area contributed by atoms with Crippen LogP contribution in [0.15, 0.2) is 30.3 Å². The van der Waals surface area contributed by atoms with Crippen LogP contribution in [0.4, 0.5) is 0 Å². The lowest BCUT2D eigenvalue weighted by Crippen LogP contribution is -2.60. The zero-order chi connectivity index (χ0) is 38.6. The van der Waals surface area contributed by atoms with E-state index >= 15 is 0 Å². The minimum atomic E-state index is -1.47. The molecule has 0 aromatic heterocycles. The first kappa shape index (κ1) is 43.5. The summed E-state index contributed by atoms with van der Waals surface area (Å²) in [5, 5.41) is 38.8. The summed E-state index contributed by atoms with van der Waals surface area (Å²) >= 11 is 0. The molecule has 0 saturated carbocycles. The van der Waals surface area contributed by atoms with Crippen molar-refractivity contribution in [2.75, 3.05) is 26.2 Å². The molecule has 0 aliphatic carbocycles. The number of benzene rings is 1. The Bertz CT molecular complexity index is 1350. The molecule has 1 aliphatic heterocycles. The lowest BCUT2D eigenvalue weighted by atomic mass is 10.0. The molecule has 0 radical (unpaired) electrons. The third kappa shape index (κ3) is 14.5. The minimum absolute atomic E-state index is 0.0135. The van der Waals surface area contributed by atoms with Gasteiger partial charge >= 0.3 is 11.9 Å². The molecule has 5 amide bonds. The smallest absolute Gasteiger partial charge is 0.326 e. The molecule has 2 rings (SSSR count). The van der Waals surface area contributed by atoms with Crippen LogP contribution in [0.25, 0.3) is 0 Å². The van der Waals surface area contributed by atoms with Gasteiger partial charge < -0.3 is 58.7 Å². The van der Waals surface area contributed by atoms with Gasteiger partial charge in [0.05, 0.1) is 12.6 Å². The molecule has 0 unspecified atom stereocenters. The maximum atomic E-state index is 13.9. The Morgan fingerprint density at radius 3 is 1.77 bits per heavy atom. The van der Waals surface area contributed by atoms with Crippen molar-refractivity contribution in [2.24, 2.45) is 17.2 Å². The minimum Gasteiger partial charge on any atom is -0.481 e. The van der Waals surface area contributed by atoms with Gasteiger partial charge in [-0.2, -0.15) is 0 Å². The summed E-state index contributed by atoms with van der Waals surface area (Å²) in [6.07, 6.45) is 2.23. The van der Waals surface area contributed by atoms with E-state index < -0.39 is 84.3 Å². The standard InChI is InChI=1S/C34H54N8O10/c35-16-6-4-11-23(38-29(46)22(37)14-15-28(44)45)30(47)40-25(19-21-9-2-1-3-10-21)32(49)39-24(12-5-7-17-36)31(48)41-26(20-43)33(50)42-18-8-13-27(42)34(51)52/h1-3,9-10,22-27,43H,4-8,11-20,35-37H2,(H,38,46)(H,39,49)(H,40,47)(H,41,48)(H,44,45)(H,51,52)/t22-,23-,24-,25-,26-,27-/m0/s1. The van der Waals surface area contributed by atoms with Crippen molar-refractivity contribution in [3.8, 4) is 0 Å². The zero-order valence-electron chi connectivity index (χ0n) is 29.3. The first-order chi connectivity index (χ1) is 24.8. The van der Waals surface area contributed by atoms with Crippen molar-refractivity contribution >= 4 is 41.5 Å². The maximum absolute atomic E-state index is 13.9. The van der Waals surface area contributed by atoms with Crippen LogP contribution in [0.1, 0.15) is 69.8 Å². The van der Waals surface area contributed by atoms with Gasteiger partial charge in [0, 0.05) is 19.4 Å². The van der Waals surface area contributed by atoms with E-state index in [1.54, 1.807) is 30.3 Å². The Labute approximate surface area is 302 Å². The lowest BCUT2D eigenvalue weighted by molar-refractivity contribution is -0.150. The molecule has 0 spiro atoms. The highest BCUT2D eigenvalue weighted by molar-refractivity contribution is 5.96. The van der Waals surface area contributed by atoms with Gasteiger partial charge in [-0.3, -0.25) is 28.8 Å². The Balaban J connectivity index is 2.31. The molecule has 0 bridgehead atoms. The quantitative estimate of drug-likeness (QED) is 0.0500. The number of hydrogen-bond donors (Lipinski definition) is 10. The van der Waals surface area contributed by atoms with Gasteiger partial charge in [0.1, 0.15) is 30.2 Å². The molecule has 18 heteroatoms. The van der Waals surface area contributed by atoms with Crippen LogP contribution in [-0.2, 0) is 40.0 Å². The second kappa shape index (κ2) is 23.0. The molecule has 1 fully saturated rings. The number of carboxylic acids is 2. The third-order valence-corrected chi connectivity index (χ3v) is 8.70. The molecule has 18 nitrogen and oxygen atoms in total. The van der Waals surface area contributed by atoms with Crippen LogP contribution in [0.5, 0.6) is 0 Å². The summed E-state index contributed by atoms with van der Waals surface area (Å²) in [5.41, 5.74) is 17.8. The van der Waals surface area contributed by atoms with E-state index in [4.69, 9.17) is 22.3 Å². The summed E-state index contributed by atoms with van der Waals surface area (Å²) in [6.45, 7) is -0.0497. The Hall–Kier alpha value is -4.65. The van der Waals surface area contributed by atoms with Crippen LogP contribution in [0, 0.1) is 0 Å². The molecule has 13 N–H and O–H groups in total. The molecule has 1 aliphatic rings. The van der Waals surface area contributed by atoms with E-state index in [-0.39, 0.29) is 45.1 Å². The van der Waals surface area contributed by atoms with Gasteiger partial charge in [-0.05, 0) is 76.4 Å². The van der Waals surface area contributed by atoms with Gasteiger partial charge in [0.2, 0.25) is 29.5 Å². The highest BCUT2D eigenvalue weighted by Crippen LogP contribution is 2.19. The highest BCUT2D eigenvalue weighted by Gasteiger charge is 2.38. The Morgan fingerprint density at radius 2 is 1.25 bits per heavy atom. The van der Waals surface area contributed by atoms with Crippen molar-refractivity contribution in [1.82, 2.24) is 26.2 Å². The molecular weight excluding hydrogens is 680 g/mol. The number of aliphatic hydroxyl groups is 1. The van der Waals surface area contributed by atoms with E-state index in [1.807, 2.05) is 0 Å². The number of carbonyl (C=O) groups is 7. The molecule has 1 saturated heterocycles. The van der Waals surface area contributed by atoms with Crippen LogP contribution < -0.4 is 38.5 Å². The lowest BCUT2D eigenvalue weighted by Gasteiger charge is -2.29. The normalized spacial score (nSPS) is 16.8. The number of nitrogens with one attached hydrogen (secondary N) is 4. The number of nitrogens with two attached hydrogens (primary N) is 3. The number of likely N-dealkylation sites (tertiary alicyclic amines) is 1. The molecule has 52 heavy (non-hydrogen) atoms. The van der Waals surface area contributed by atoms with E-state index in [2.05, 4.69) is 21.3 Å². The van der Waals surface area contributed by atoms with Crippen molar-refractivity contribution in [3.63, 3.8) is 0 Å². The fourth-order valence-electron chi connectivity index (χ4n) is 5.76. The van der Waals surface area contributed by atoms with Crippen LogP contribution >= 0.6 is 0 Å². The van der Waals surface area contributed by atoms with Crippen molar-refractivity contribution in [1.29, 1.82) is 0 Å². The molecule has 290 valence electrons. The van der Waals surface area contributed by atoms with Gasteiger partial charge in [-0.15, -0.1) is 0 Å². The maximum Gasteiger partial charge on any atom is 0.326 e. The highest BCUT2D eigenvalue weighted by atomic mass is 16.4. The number of aliphatic carboxylic acids is 2. The van der Waals surface area contributed by atoms with Gasteiger partial charge in [-0.1, -0.05) is 30.3 Å². The van der Waals surface area contributed by atoms with E-state index in [0.29, 0.717) is 50.8 Å². The SMILES string of the molecule is NCCCC[C@H](NC(=O)[C@H](Cc1ccccc1)NC(=O)[C@H](CCCCN)NC(=O)[C@@H](N)CCC(=O)O)C(=O)N[C@@H](CO)C(=O)N1CCC[C@H]1C(=O)O. The number of aliphatic hydroxyl groups excluding tert-OH is 1. The van der Waals surface area contributed by atoms with Crippen molar-refractivity contribution in [3.05, 3.63) is 35.9 Å². The van der Waals surface area contributed by atoms with Gasteiger partial charge in [0.25, 0.3) is 0 Å². The summed E-state index contributed by atoms with van der Waals surface area (Å²) in [7, 11) is 0.